The van der Waals surface area contributed by atoms with E-state index in [2.05, 4.69) is 58.9 Å². The lowest BCUT2D eigenvalue weighted by Crippen LogP contribution is -2.57. The topological polar surface area (TPSA) is 47.9 Å². The second-order valence-corrected chi connectivity index (χ2v) is 10.9. The molecular formula is C28H38O4. The molecule has 0 saturated heterocycles. The van der Waals surface area contributed by atoms with Crippen molar-refractivity contribution in [3.8, 4) is 11.5 Å². The van der Waals surface area contributed by atoms with E-state index in [0.717, 1.165) is 41.9 Å². The van der Waals surface area contributed by atoms with Crippen molar-refractivity contribution in [3.63, 3.8) is 0 Å². The Morgan fingerprint density at radius 1 is 1.16 bits per heavy atom. The van der Waals surface area contributed by atoms with Gasteiger partial charge < -0.3 is 19.3 Å². The molecule has 1 aromatic carbocycles. The van der Waals surface area contributed by atoms with Crippen LogP contribution in [-0.2, 0) is 15.9 Å². The number of hydrogen-bond donors (Lipinski definition) is 1. The summed E-state index contributed by atoms with van der Waals surface area (Å²) in [6.45, 7) is 12.9. The number of phenols is 1. The molecule has 174 valence electrons. The van der Waals surface area contributed by atoms with Crippen molar-refractivity contribution in [3.05, 3.63) is 58.9 Å². The summed E-state index contributed by atoms with van der Waals surface area (Å²) in [6, 6.07) is 3.76. The van der Waals surface area contributed by atoms with Crippen LogP contribution >= 0.6 is 0 Å². The Morgan fingerprint density at radius 2 is 1.91 bits per heavy atom. The molecule has 2 heterocycles. The quantitative estimate of drug-likeness (QED) is 0.516. The zero-order chi connectivity index (χ0) is 23.4. The second-order valence-electron chi connectivity index (χ2n) is 10.9. The number of methoxy groups -OCH3 is 1. The third-order valence-electron chi connectivity index (χ3n) is 8.00. The number of aryl methyl sites for hydroxylation is 1. The molecule has 4 nitrogen and oxygen atoms in total. The van der Waals surface area contributed by atoms with Gasteiger partial charge in [-0.1, -0.05) is 38.0 Å². The smallest absolute Gasteiger partial charge is 0.236 e. The van der Waals surface area contributed by atoms with Gasteiger partial charge in [0.15, 0.2) is 0 Å². The van der Waals surface area contributed by atoms with E-state index in [9.17, 15) is 5.11 Å². The van der Waals surface area contributed by atoms with E-state index in [0.29, 0.717) is 12.2 Å². The van der Waals surface area contributed by atoms with Crippen molar-refractivity contribution in [2.24, 2.45) is 10.8 Å². The van der Waals surface area contributed by atoms with E-state index >= 15 is 0 Å². The van der Waals surface area contributed by atoms with Gasteiger partial charge in [-0.15, -0.1) is 0 Å². The molecule has 1 spiro atoms. The van der Waals surface area contributed by atoms with Gasteiger partial charge in [0.1, 0.15) is 17.3 Å². The van der Waals surface area contributed by atoms with E-state index in [1.54, 1.807) is 7.11 Å². The highest BCUT2D eigenvalue weighted by Crippen LogP contribution is 2.66. The summed E-state index contributed by atoms with van der Waals surface area (Å²) in [5.41, 5.74) is 2.52. The predicted octanol–water partition coefficient (Wildman–Crippen LogP) is 6.76. The molecule has 3 aliphatic rings. The van der Waals surface area contributed by atoms with Crippen molar-refractivity contribution in [1.29, 1.82) is 0 Å². The minimum absolute atomic E-state index is 0.0355. The summed E-state index contributed by atoms with van der Waals surface area (Å²) >= 11 is 0. The van der Waals surface area contributed by atoms with E-state index in [1.807, 2.05) is 19.1 Å². The first kappa shape index (κ1) is 23.0. The molecule has 0 radical (unpaired) electrons. The van der Waals surface area contributed by atoms with Crippen LogP contribution in [0.4, 0.5) is 0 Å². The van der Waals surface area contributed by atoms with Gasteiger partial charge in [-0.3, -0.25) is 0 Å². The van der Waals surface area contributed by atoms with Crippen molar-refractivity contribution < 1.29 is 19.3 Å². The minimum Gasteiger partial charge on any atom is -0.507 e. The molecule has 4 heteroatoms. The largest absolute Gasteiger partial charge is 0.507 e. The molecule has 1 fully saturated rings. The summed E-state index contributed by atoms with van der Waals surface area (Å²) in [5.74, 6) is 1.37. The van der Waals surface area contributed by atoms with Crippen LogP contribution in [-0.4, -0.2) is 23.6 Å². The highest BCUT2D eigenvalue weighted by molar-refractivity contribution is 5.46. The van der Waals surface area contributed by atoms with Crippen molar-refractivity contribution in [1.82, 2.24) is 0 Å². The van der Waals surface area contributed by atoms with Crippen LogP contribution in [0, 0.1) is 17.8 Å². The lowest BCUT2D eigenvalue weighted by molar-refractivity contribution is -0.292. The molecule has 1 aromatic rings. The number of phenolic OH excluding ortho intramolecular Hbond substituents is 1. The van der Waals surface area contributed by atoms with Crippen molar-refractivity contribution in [2.75, 3.05) is 7.11 Å². The third-order valence-corrected chi connectivity index (χ3v) is 8.00. The van der Waals surface area contributed by atoms with Gasteiger partial charge >= 0.3 is 0 Å². The average molecular weight is 439 g/mol. The number of ether oxygens (including phenoxy) is 3. The van der Waals surface area contributed by atoms with Crippen LogP contribution < -0.4 is 4.74 Å². The number of fused-ring (bicyclic) bond motifs is 2. The van der Waals surface area contributed by atoms with Crippen LogP contribution in [0.25, 0.3) is 0 Å². The molecule has 1 saturated carbocycles. The Kier molecular flexibility index (Phi) is 5.52. The first-order valence-electron chi connectivity index (χ1n) is 11.8. The lowest BCUT2D eigenvalue weighted by atomic mass is 9.61. The van der Waals surface area contributed by atoms with Crippen LogP contribution in [0.2, 0.25) is 0 Å². The zero-order valence-electron chi connectivity index (χ0n) is 20.7. The Labute approximate surface area is 193 Å². The van der Waals surface area contributed by atoms with Gasteiger partial charge in [0.2, 0.25) is 5.79 Å². The van der Waals surface area contributed by atoms with E-state index < -0.39 is 5.79 Å². The summed E-state index contributed by atoms with van der Waals surface area (Å²) in [4.78, 5) is 0. The van der Waals surface area contributed by atoms with Gasteiger partial charge in [-0.2, -0.15) is 0 Å². The lowest BCUT2D eigenvalue weighted by Gasteiger charge is -2.54. The molecule has 0 bridgehead atoms. The standard InChI is InChI=1S/C28H38O4/c1-19(9-10-21-17-22(30-7)16-20(2)24(21)29)15-23-18-26(5)11-8-12-27(26,6)28(31-23)14-13-25(3,4)32-28/h9,13-14,16-18,29H,8,10-12,15H2,1-7H3/b19-9-/t26-,27-,28-/m1/s1. The molecule has 4 rings (SSSR count). The van der Waals surface area contributed by atoms with Crippen LogP contribution in [0.5, 0.6) is 11.5 Å². The van der Waals surface area contributed by atoms with Gasteiger partial charge in [0.25, 0.3) is 0 Å². The second kappa shape index (κ2) is 7.69. The summed E-state index contributed by atoms with van der Waals surface area (Å²) in [6.07, 6.45) is 13.6. The zero-order valence-corrected chi connectivity index (χ0v) is 20.7. The molecule has 0 aromatic heterocycles. The Balaban J connectivity index is 1.58. The van der Waals surface area contributed by atoms with Gasteiger partial charge in [0.05, 0.1) is 12.7 Å². The molecular weight excluding hydrogens is 400 g/mol. The molecule has 1 aliphatic carbocycles. The van der Waals surface area contributed by atoms with Gasteiger partial charge in [-0.05, 0) is 76.8 Å². The number of hydrogen-bond acceptors (Lipinski definition) is 4. The predicted molar refractivity (Wildman–Crippen MR) is 128 cm³/mol. The highest BCUT2D eigenvalue weighted by Gasteiger charge is 2.66. The molecule has 32 heavy (non-hydrogen) atoms. The maximum absolute atomic E-state index is 10.5. The Hall–Kier alpha value is -2.20. The maximum atomic E-state index is 10.5. The minimum atomic E-state index is -0.714. The number of aromatic hydroxyl groups is 1. The molecule has 0 unspecified atom stereocenters. The normalized spacial score (nSPS) is 33.2. The van der Waals surface area contributed by atoms with Crippen LogP contribution in [0.15, 0.2) is 47.8 Å². The molecule has 3 atom stereocenters. The van der Waals surface area contributed by atoms with Gasteiger partial charge in [0, 0.05) is 22.8 Å². The monoisotopic (exact) mass is 438 g/mol. The summed E-state index contributed by atoms with van der Waals surface area (Å²) in [7, 11) is 1.65. The molecule has 2 aliphatic heterocycles. The average Bonchev–Trinajstić information content (AvgIpc) is 3.20. The maximum Gasteiger partial charge on any atom is 0.236 e. The van der Waals surface area contributed by atoms with Crippen LogP contribution in [0.3, 0.4) is 0 Å². The Morgan fingerprint density at radius 3 is 2.56 bits per heavy atom. The van der Waals surface area contributed by atoms with E-state index in [4.69, 9.17) is 14.2 Å². The highest BCUT2D eigenvalue weighted by atomic mass is 16.7. The molecule has 1 N–H and O–H groups in total. The fourth-order valence-corrected chi connectivity index (χ4v) is 5.80. The molecule has 0 amide bonds. The van der Waals surface area contributed by atoms with Crippen molar-refractivity contribution >= 4 is 0 Å². The van der Waals surface area contributed by atoms with Gasteiger partial charge in [-0.25, -0.2) is 0 Å². The van der Waals surface area contributed by atoms with E-state index in [1.165, 1.54) is 12.0 Å². The first-order chi connectivity index (χ1) is 14.9. The number of rotatable bonds is 5. The fourth-order valence-electron chi connectivity index (χ4n) is 5.80. The Bertz CT molecular complexity index is 1000. The summed E-state index contributed by atoms with van der Waals surface area (Å²) < 4.78 is 18.7. The third kappa shape index (κ3) is 3.67. The fraction of sp³-hybridized carbons (Fsp3) is 0.571. The number of benzene rings is 1. The summed E-state index contributed by atoms with van der Waals surface area (Å²) in [5, 5.41) is 10.5. The SMILES string of the molecule is COc1cc(C)c(O)c(C/C=C(/C)CC2=C[C@@]3(C)CCC[C@@]3(C)[C@]3(C=CC(C)(C)O3)O2)c1. The van der Waals surface area contributed by atoms with E-state index in [-0.39, 0.29) is 16.4 Å². The van der Waals surface area contributed by atoms with Crippen LogP contribution in [0.1, 0.15) is 71.4 Å². The first-order valence-corrected chi connectivity index (χ1v) is 11.8. The van der Waals surface area contributed by atoms with Crippen molar-refractivity contribution in [2.45, 2.75) is 85.0 Å². The number of allylic oxidation sites excluding steroid dienone is 3.